The lowest BCUT2D eigenvalue weighted by Gasteiger charge is -2.13. The van der Waals surface area contributed by atoms with E-state index in [4.69, 9.17) is 9.47 Å². The molecule has 0 aliphatic rings. The first kappa shape index (κ1) is 22.5. The van der Waals surface area contributed by atoms with Gasteiger partial charge in [0.2, 0.25) is 0 Å². The molecule has 3 rings (SSSR count). The maximum atomic E-state index is 5.70. The Morgan fingerprint density at radius 3 is 2.59 bits per heavy atom. The Hall–Kier alpha value is -2.82. The summed E-state index contributed by atoms with van der Waals surface area (Å²) in [6.07, 6.45) is 1.50. The number of nitrogens with zero attached hydrogens (tertiary/aromatic N) is 3. The van der Waals surface area contributed by atoms with E-state index < -0.39 is 0 Å². The Bertz CT molecular complexity index is 884. The maximum Gasteiger partial charge on any atom is 0.191 e. The van der Waals surface area contributed by atoms with Gasteiger partial charge in [0.05, 0.1) is 13.7 Å². The first-order valence-electron chi connectivity index (χ1n) is 8.94. The summed E-state index contributed by atoms with van der Waals surface area (Å²) in [7, 11) is 3.38. The molecule has 0 spiro atoms. The summed E-state index contributed by atoms with van der Waals surface area (Å²) in [6.45, 7) is 1.79. The van der Waals surface area contributed by atoms with Gasteiger partial charge >= 0.3 is 0 Å². The topological polar surface area (TPSA) is 96.5 Å². The molecule has 0 fully saturated rings. The molecular weight excluding hydrogens is 483 g/mol. The minimum Gasteiger partial charge on any atom is -0.497 e. The van der Waals surface area contributed by atoms with Gasteiger partial charge in [0.15, 0.2) is 11.8 Å². The van der Waals surface area contributed by atoms with Gasteiger partial charge in [-0.05, 0) is 35.9 Å². The summed E-state index contributed by atoms with van der Waals surface area (Å²) in [4.78, 5) is 8.42. The molecule has 1 aromatic heterocycles. The van der Waals surface area contributed by atoms with E-state index in [1.54, 1.807) is 14.2 Å². The van der Waals surface area contributed by atoms with Crippen LogP contribution in [0.5, 0.6) is 11.5 Å². The van der Waals surface area contributed by atoms with E-state index in [9.17, 15) is 0 Å². The predicted octanol–water partition coefficient (Wildman–Crippen LogP) is 2.84. The third kappa shape index (κ3) is 6.93. The molecule has 154 valence electrons. The number of H-pyrrole nitrogens is 1. The van der Waals surface area contributed by atoms with Crippen molar-refractivity contribution in [2.45, 2.75) is 6.54 Å². The molecule has 1 heterocycles. The normalized spacial score (nSPS) is 10.8. The highest BCUT2D eigenvalue weighted by Crippen LogP contribution is 2.17. The smallest absolute Gasteiger partial charge is 0.191 e. The summed E-state index contributed by atoms with van der Waals surface area (Å²) in [5.74, 6) is 3.07. The Morgan fingerprint density at radius 1 is 1.10 bits per heavy atom. The van der Waals surface area contributed by atoms with Crippen LogP contribution in [0.4, 0.5) is 0 Å². The van der Waals surface area contributed by atoms with Gasteiger partial charge < -0.3 is 20.1 Å². The number of aromatic amines is 1. The lowest BCUT2D eigenvalue weighted by molar-refractivity contribution is 0.321. The van der Waals surface area contributed by atoms with Gasteiger partial charge in [-0.3, -0.25) is 10.1 Å². The molecule has 0 aliphatic heterocycles. The van der Waals surface area contributed by atoms with E-state index >= 15 is 0 Å². The van der Waals surface area contributed by atoms with Gasteiger partial charge in [-0.2, -0.15) is 5.10 Å². The first-order chi connectivity index (χ1) is 13.8. The lowest BCUT2D eigenvalue weighted by atomic mass is 10.1. The standard InChI is InChI=1S/C20H24N6O2.HI/c1-21-20(22-10-11-28-18-8-6-17(27-2)7-9-18)23-13-15-4-3-5-16(12-15)19-24-14-25-26-19;/h3-9,12,14H,10-11,13H2,1-2H3,(H2,21,22,23)(H,24,25,26);1H. The first-order valence-corrected chi connectivity index (χ1v) is 8.94. The fourth-order valence-electron chi connectivity index (χ4n) is 2.59. The second kappa shape index (κ2) is 11.9. The molecular formula is C20H25IN6O2. The van der Waals surface area contributed by atoms with Crippen molar-refractivity contribution in [3.8, 4) is 22.9 Å². The number of aromatic nitrogens is 3. The predicted molar refractivity (Wildman–Crippen MR) is 124 cm³/mol. The lowest BCUT2D eigenvalue weighted by Crippen LogP contribution is -2.38. The summed E-state index contributed by atoms with van der Waals surface area (Å²) in [6, 6.07) is 15.6. The SMILES string of the molecule is CN=C(NCCOc1ccc(OC)cc1)NCc1cccc(-c2ncn[nH]2)c1.I. The number of benzene rings is 2. The maximum absolute atomic E-state index is 5.70. The minimum absolute atomic E-state index is 0. The number of methoxy groups -OCH3 is 1. The van der Waals surface area contributed by atoms with Crippen LogP contribution in [0, 0.1) is 0 Å². The van der Waals surface area contributed by atoms with Crippen molar-refractivity contribution in [2.24, 2.45) is 4.99 Å². The van der Waals surface area contributed by atoms with E-state index in [0.29, 0.717) is 25.7 Å². The van der Waals surface area contributed by atoms with E-state index in [-0.39, 0.29) is 24.0 Å². The van der Waals surface area contributed by atoms with E-state index in [1.165, 1.54) is 6.33 Å². The minimum atomic E-state index is 0. The monoisotopic (exact) mass is 508 g/mol. The van der Waals surface area contributed by atoms with Crippen LogP contribution in [0.15, 0.2) is 59.9 Å². The number of nitrogens with one attached hydrogen (secondary N) is 3. The third-order valence-corrected chi connectivity index (χ3v) is 4.02. The van der Waals surface area contributed by atoms with Crippen LogP contribution in [0.25, 0.3) is 11.4 Å². The molecule has 0 saturated carbocycles. The molecule has 0 unspecified atom stereocenters. The molecule has 0 aliphatic carbocycles. The number of hydrogen-bond acceptors (Lipinski definition) is 5. The Labute approximate surface area is 187 Å². The van der Waals surface area contributed by atoms with Gasteiger partial charge in [0.1, 0.15) is 24.4 Å². The highest BCUT2D eigenvalue weighted by molar-refractivity contribution is 14.0. The van der Waals surface area contributed by atoms with Crippen molar-refractivity contribution >= 4 is 29.9 Å². The number of hydrogen-bond donors (Lipinski definition) is 3. The molecule has 0 bridgehead atoms. The molecule has 8 nitrogen and oxygen atoms in total. The van der Waals surface area contributed by atoms with Crippen LogP contribution < -0.4 is 20.1 Å². The highest BCUT2D eigenvalue weighted by Gasteiger charge is 2.03. The Kier molecular flexibility index (Phi) is 9.22. The van der Waals surface area contributed by atoms with Crippen molar-refractivity contribution in [3.63, 3.8) is 0 Å². The van der Waals surface area contributed by atoms with Gasteiger partial charge in [0, 0.05) is 19.2 Å². The van der Waals surface area contributed by atoms with Gasteiger partial charge in [-0.1, -0.05) is 18.2 Å². The van der Waals surface area contributed by atoms with Crippen molar-refractivity contribution in [1.82, 2.24) is 25.8 Å². The highest BCUT2D eigenvalue weighted by atomic mass is 127. The Balaban J connectivity index is 0.00000300. The number of halogens is 1. The van der Waals surface area contributed by atoms with Gasteiger partial charge in [-0.25, -0.2) is 4.98 Å². The van der Waals surface area contributed by atoms with Crippen molar-refractivity contribution < 1.29 is 9.47 Å². The van der Waals surface area contributed by atoms with Crippen LogP contribution in [0.1, 0.15) is 5.56 Å². The third-order valence-electron chi connectivity index (χ3n) is 4.02. The van der Waals surface area contributed by atoms with E-state index in [0.717, 1.165) is 28.5 Å². The summed E-state index contributed by atoms with van der Waals surface area (Å²) >= 11 is 0. The van der Waals surface area contributed by atoms with Gasteiger partial charge in [0.25, 0.3) is 0 Å². The van der Waals surface area contributed by atoms with Crippen LogP contribution >= 0.6 is 24.0 Å². The average Bonchev–Trinajstić information content (AvgIpc) is 3.29. The second-order valence-corrected chi connectivity index (χ2v) is 5.91. The van der Waals surface area contributed by atoms with Crippen LogP contribution in [0.2, 0.25) is 0 Å². The number of guanidine groups is 1. The van der Waals surface area contributed by atoms with Crippen molar-refractivity contribution in [3.05, 3.63) is 60.4 Å². The molecule has 0 saturated heterocycles. The average molecular weight is 508 g/mol. The molecule has 29 heavy (non-hydrogen) atoms. The zero-order valence-corrected chi connectivity index (χ0v) is 18.7. The summed E-state index contributed by atoms with van der Waals surface area (Å²) in [5.41, 5.74) is 2.11. The molecule has 2 aromatic carbocycles. The molecule has 3 N–H and O–H groups in total. The molecule has 0 amide bonds. The molecule has 9 heteroatoms. The Morgan fingerprint density at radius 2 is 1.90 bits per heavy atom. The fourth-order valence-corrected chi connectivity index (χ4v) is 2.59. The van der Waals surface area contributed by atoms with E-state index in [2.05, 4.69) is 36.9 Å². The fraction of sp³-hybridized carbons (Fsp3) is 0.250. The van der Waals surface area contributed by atoms with Crippen LogP contribution in [-0.2, 0) is 6.54 Å². The number of ether oxygens (including phenoxy) is 2. The molecule has 3 aromatic rings. The number of rotatable bonds is 8. The van der Waals surface area contributed by atoms with Crippen molar-refractivity contribution in [2.75, 3.05) is 27.3 Å². The van der Waals surface area contributed by atoms with Crippen molar-refractivity contribution in [1.29, 1.82) is 0 Å². The summed E-state index contributed by atoms with van der Waals surface area (Å²) in [5, 5.41) is 13.3. The zero-order chi connectivity index (χ0) is 19.6. The quantitative estimate of drug-likeness (QED) is 0.188. The summed E-state index contributed by atoms with van der Waals surface area (Å²) < 4.78 is 10.8. The van der Waals surface area contributed by atoms with Crippen LogP contribution in [0.3, 0.4) is 0 Å². The zero-order valence-electron chi connectivity index (χ0n) is 16.4. The van der Waals surface area contributed by atoms with E-state index in [1.807, 2.05) is 42.5 Å². The molecule has 0 radical (unpaired) electrons. The molecule has 0 atom stereocenters. The largest absolute Gasteiger partial charge is 0.497 e. The number of aliphatic imine (C=N–C) groups is 1. The van der Waals surface area contributed by atoms with Crippen LogP contribution in [-0.4, -0.2) is 48.5 Å². The second-order valence-electron chi connectivity index (χ2n) is 5.91. The van der Waals surface area contributed by atoms with Gasteiger partial charge in [-0.15, -0.1) is 24.0 Å².